The maximum Gasteiger partial charge on any atom is 0.415 e. The lowest BCUT2D eigenvalue weighted by Gasteiger charge is -2.14. The van der Waals surface area contributed by atoms with Crippen molar-refractivity contribution in [3.63, 3.8) is 0 Å². The molecule has 6 heteroatoms. The van der Waals surface area contributed by atoms with Crippen molar-refractivity contribution in [2.75, 3.05) is 19.1 Å². The van der Waals surface area contributed by atoms with Crippen molar-refractivity contribution in [2.24, 2.45) is 0 Å². The Kier molecular flexibility index (Phi) is 4.02. The topological polar surface area (TPSA) is 79.1 Å². The van der Waals surface area contributed by atoms with E-state index in [0.29, 0.717) is 5.69 Å². The number of carbonyl (C=O) groups is 1. The van der Waals surface area contributed by atoms with Gasteiger partial charge in [-0.25, -0.2) is 14.8 Å². The van der Waals surface area contributed by atoms with Crippen LogP contribution in [-0.2, 0) is 4.74 Å². The zero-order valence-electron chi connectivity index (χ0n) is 9.68. The summed E-state index contributed by atoms with van der Waals surface area (Å²) in [6, 6.07) is 1.86. The van der Waals surface area contributed by atoms with Crippen molar-refractivity contribution in [3.8, 4) is 17.9 Å². The van der Waals surface area contributed by atoms with Gasteiger partial charge in [-0.05, 0) is 12.8 Å². The molecule has 1 heterocycles. The third-order valence-electron chi connectivity index (χ3n) is 1.88. The normalized spacial score (nSPS) is 8.59. The molecular weight excluding hydrogens is 220 g/mol. The number of rotatable bonds is 1. The Labute approximate surface area is 98.9 Å². The highest BCUT2D eigenvalue weighted by molar-refractivity contribution is 5.86. The summed E-state index contributed by atoms with van der Waals surface area (Å²) in [5, 5.41) is 8.94. The van der Waals surface area contributed by atoms with Gasteiger partial charge in [-0.3, -0.25) is 4.90 Å². The first-order chi connectivity index (χ1) is 8.13. The summed E-state index contributed by atoms with van der Waals surface area (Å²) < 4.78 is 4.53. The minimum absolute atomic E-state index is 0.0261. The number of hydrogen-bond donors (Lipinski definition) is 0. The van der Waals surface area contributed by atoms with Crippen LogP contribution in [-0.4, -0.2) is 30.2 Å². The van der Waals surface area contributed by atoms with E-state index in [4.69, 9.17) is 5.26 Å². The molecule has 17 heavy (non-hydrogen) atoms. The standard InChI is InChI=1S/C11H10N4O2/c1-4-5-8-7-13-10(9(6-12)14-8)15(2)11(16)17-3/h7H,1-3H3. The Morgan fingerprint density at radius 2 is 2.29 bits per heavy atom. The summed E-state index contributed by atoms with van der Waals surface area (Å²) in [7, 11) is 2.69. The van der Waals surface area contributed by atoms with Crippen molar-refractivity contribution in [1.29, 1.82) is 5.26 Å². The van der Waals surface area contributed by atoms with Gasteiger partial charge in [0.1, 0.15) is 11.8 Å². The fourth-order valence-electron chi connectivity index (χ4n) is 1.11. The van der Waals surface area contributed by atoms with Gasteiger partial charge in [0.2, 0.25) is 0 Å². The molecule has 0 N–H and O–H groups in total. The first kappa shape index (κ1) is 12.5. The molecule has 0 saturated heterocycles. The van der Waals surface area contributed by atoms with E-state index in [-0.39, 0.29) is 11.5 Å². The average molecular weight is 230 g/mol. The second-order valence-corrected chi connectivity index (χ2v) is 2.94. The van der Waals surface area contributed by atoms with Gasteiger partial charge in [-0.2, -0.15) is 5.26 Å². The van der Waals surface area contributed by atoms with E-state index >= 15 is 0 Å². The highest BCUT2D eigenvalue weighted by Gasteiger charge is 2.17. The lowest BCUT2D eigenvalue weighted by atomic mass is 10.3. The third-order valence-corrected chi connectivity index (χ3v) is 1.88. The van der Waals surface area contributed by atoms with Crippen LogP contribution in [0, 0.1) is 23.2 Å². The van der Waals surface area contributed by atoms with Gasteiger partial charge in [-0.15, -0.1) is 0 Å². The van der Waals surface area contributed by atoms with Crippen LogP contribution in [0.15, 0.2) is 6.20 Å². The Morgan fingerprint density at radius 1 is 1.59 bits per heavy atom. The quantitative estimate of drug-likeness (QED) is 0.670. The Morgan fingerprint density at radius 3 is 2.82 bits per heavy atom. The summed E-state index contributed by atoms with van der Waals surface area (Å²) in [6.45, 7) is 1.65. The van der Waals surface area contributed by atoms with Gasteiger partial charge in [0.15, 0.2) is 11.5 Å². The molecule has 0 fully saturated rings. The molecule has 1 rings (SSSR count). The number of nitriles is 1. The number of amides is 1. The monoisotopic (exact) mass is 230 g/mol. The van der Waals surface area contributed by atoms with Crippen molar-refractivity contribution in [2.45, 2.75) is 6.92 Å². The summed E-state index contributed by atoms with van der Waals surface area (Å²) in [6.07, 6.45) is 0.775. The Balaban J connectivity index is 3.21. The van der Waals surface area contributed by atoms with Crippen LogP contribution in [0.3, 0.4) is 0 Å². The zero-order chi connectivity index (χ0) is 12.8. The van der Waals surface area contributed by atoms with Gasteiger partial charge >= 0.3 is 6.09 Å². The van der Waals surface area contributed by atoms with Gasteiger partial charge in [-0.1, -0.05) is 5.92 Å². The smallest absolute Gasteiger partial charge is 0.415 e. The van der Waals surface area contributed by atoms with Crippen LogP contribution in [0.4, 0.5) is 10.6 Å². The van der Waals surface area contributed by atoms with Gasteiger partial charge < -0.3 is 4.74 Å². The van der Waals surface area contributed by atoms with Crippen LogP contribution < -0.4 is 4.90 Å². The van der Waals surface area contributed by atoms with E-state index in [2.05, 4.69) is 26.5 Å². The highest BCUT2D eigenvalue weighted by atomic mass is 16.5. The molecule has 0 aliphatic rings. The molecule has 0 aliphatic carbocycles. The predicted octanol–water partition coefficient (Wildman–Crippen LogP) is 0.922. The van der Waals surface area contributed by atoms with Crippen LogP contribution in [0.2, 0.25) is 0 Å². The van der Waals surface area contributed by atoms with Crippen molar-refractivity contribution < 1.29 is 9.53 Å². The molecule has 0 aliphatic heterocycles. The van der Waals surface area contributed by atoms with Gasteiger partial charge in [0.25, 0.3) is 0 Å². The number of nitrogens with zero attached hydrogens (tertiary/aromatic N) is 4. The van der Waals surface area contributed by atoms with E-state index in [1.54, 1.807) is 6.92 Å². The largest absolute Gasteiger partial charge is 0.452 e. The van der Waals surface area contributed by atoms with E-state index in [0.717, 1.165) is 4.90 Å². The van der Waals surface area contributed by atoms with Gasteiger partial charge in [0.05, 0.1) is 13.3 Å². The molecular formula is C11H10N4O2. The second kappa shape index (κ2) is 5.47. The number of hydrogen-bond acceptors (Lipinski definition) is 5. The maximum atomic E-state index is 11.3. The number of carbonyl (C=O) groups excluding carboxylic acids is 1. The fraction of sp³-hybridized carbons (Fsp3) is 0.273. The average Bonchev–Trinajstić information content (AvgIpc) is 2.37. The predicted molar refractivity (Wildman–Crippen MR) is 60.1 cm³/mol. The summed E-state index contributed by atoms with van der Waals surface area (Å²) in [5.41, 5.74) is 0.407. The molecule has 86 valence electrons. The van der Waals surface area contributed by atoms with Crippen LogP contribution >= 0.6 is 0 Å². The first-order valence-electron chi connectivity index (χ1n) is 4.65. The third kappa shape index (κ3) is 2.70. The van der Waals surface area contributed by atoms with Crippen LogP contribution in [0.1, 0.15) is 18.3 Å². The van der Waals surface area contributed by atoms with Crippen LogP contribution in [0.25, 0.3) is 0 Å². The van der Waals surface area contributed by atoms with Crippen LogP contribution in [0.5, 0.6) is 0 Å². The first-order valence-corrected chi connectivity index (χ1v) is 4.65. The minimum Gasteiger partial charge on any atom is -0.452 e. The molecule has 0 saturated carbocycles. The molecule has 1 aromatic heterocycles. The van der Waals surface area contributed by atoms with E-state index in [1.165, 1.54) is 20.4 Å². The minimum atomic E-state index is -0.620. The number of methoxy groups -OCH3 is 1. The molecule has 0 bridgehead atoms. The summed E-state index contributed by atoms with van der Waals surface area (Å²) in [4.78, 5) is 20.3. The molecule has 0 unspecified atom stereocenters. The van der Waals surface area contributed by atoms with E-state index in [9.17, 15) is 4.79 Å². The molecule has 1 aromatic rings. The van der Waals surface area contributed by atoms with E-state index < -0.39 is 6.09 Å². The molecule has 0 spiro atoms. The number of aromatic nitrogens is 2. The maximum absolute atomic E-state index is 11.3. The van der Waals surface area contributed by atoms with Crippen molar-refractivity contribution in [1.82, 2.24) is 9.97 Å². The molecule has 0 aromatic carbocycles. The van der Waals surface area contributed by atoms with E-state index in [1.807, 2.05) is 6.07 Å². The molecule has 0 atom stereocenters. The SMILES string of the molecule is CC#Cc1cnc(N(C)C(=O)OC)c(C#N)n1. The van der Waals surface area contributed by atoms with Gasteiger partial charge in [0, 0.05) is 7.05 Å². The summed E-state index contributed by atoms with van der Waals surface area (Å²) >= 11 is 0. The summed E-state index contributed by atoms with van der Waals surface area (Å²) in [5.74, 6) is 5.47. The molecule has 0 radical (unpaired) electrons. The number of ether oxygens (including phenoxy) is 1. The fourth-order valence-corrected chi connectivity index (χ4v) is 1.11. The molecule has 6 nitrogen and oxygen atoms in total. The Bertz CT molecular complexity index is 537. The lowest BCUT2D eigenvalue weighted by molar-refractivity contribution is 0.180. The molecule has 1 amide bonds. The second-order valence-electron chi connectivity index (χ2n) is 2.94. The van der Waals surface area contributed by atoms with Crippen molar-refractivity contribution in [3.05, 3.63) is 17.6 Å². The van der Waals surface area contributed by atoms with Crippen molar-refractivity contribution >= 4 is 11.9 Å². The lowest BCUT2D eigenvalue weighted by Crippen LogP contribution is -2.28. The zero-order valence-corrected chi connectivity index (χ0v) is 9.68. The Hall–Kier alpha value is -2.60. The number of anilines is 1. The highest BCUT2D eigenvalue weighted by Crippen LogP contribution is 2.14.